The van der Waals surface area contributed by atoms with Crippen molar-refractivity contribution in [1.82, 2.24) is 30.9 Å². The van der Waals surface area contributed by atoms with Crippen LogP contribution in [-0.2, 0) is 17.6 Å². The Labute approximate surface area is 138 Å². The Hall–Kier alpha value is -3.03. The summed E-state index contributed by atoms with van der Waals surface area (Å²) in [6.07, 6.45) is 2.99. The number of H-pyrrole nitrogens is 1. The number of carbonyl (C=O) groups is 1. The lowest BCUT2D eigenvalue weighted by Crippen LogP contribution is -2.26. The van der Waals surface area contributed by atoms with E-state index in [1.807, 2.05) is 31.2 Å². The maximum absolute atomic E-state index is 11.8. The minimum Gasteiger partial charge on any atom is -0.356 e. The number of hydrogen-bond donors (Lipinski definition) is 2. The van der Waals surface area contributed by atoms with E-state index < -0.39 is 0 Å². The highest BCUT2D eigenvalue weighted by atomic mass is 16.5. The lowest BCUT2D eigenvalue weighted by molar-refractivity contribution is -0.121. The van der Waals surface area contributed by atoms with Crippen molar-refractivity contribution in [3.05, 3.63) is 47.6 Å². The number of aromatic nitrogens is 5. The van der Waals surface area contributed by atoms with Crippen molar-refractivity contribution in [1.29, 1.82) is 0 Å². The third kappa shape index (κ3) is 4.25. The van der Waals surface area contributed by atoms with E-state index >= 15 is 0 Å². The lowest BCUT2D eigenvalue weighted by atomic mass is 10.1. The van der Waals surface area contributed by atoms with Crippen LogP contribution in [-0.4, -0.2) is 38.0 Å². The second-order valence-corrected chi connectivity index (χ2v) is 5.44. The molecule has 0 fully saturated rings. The second kappa shape index (κ2) is 7.49. The number of aromatic amines is 1. The second-order valence-electron chi connectivity index (χ2n) is 5.44. The van der Waals surface area contributed by atoms with Gasteiger partial charge in [-0.2, -0.15) is 20.4 Å². The molecule has 0 radical (unpaired) electrons. The molecule has 124 valence electrons. The average molecular weight is 326 g/mol. The van der Waals surface area contributed by atoms with E-state index in [0.29, 0.717) is 37.5 Å². The zero-order valence-electron chi connectivity index (χ0n) is 13.3. The quantitative estimate of drug-likeness (QED) is 0.680. The van der Waals surface area contributed by atoms with Gasteiger partial charge in [-0.15, -0.1) is 0 Å². The van der Waals surface area contributed by atoms with Crippen LogP contribution < -0.4 is 5.32 Å². The highest BCUT2D eigenvalue weighted by Gasteiger charge is 2.10. The summed E-state index contributed by atoms with van der Waals surface area (Å²) in [7, 11) is 0. The first-order valence-corrected chi connectivity index (χ1v) is 7.71. The van der Waals surface area contributed by atoms with Gasteiger partial charge in [0.15, 0.2) is 0 Å². The number of amides is 1. The van der Waals surface area contributed by atoms with E-state index in [-0.39, 0.29) is 5.91 Å². The van der Waals surface area contributed by atoms with E-state index in [2.05, 4.69) is 30.9 Å². The molecular formula is C16H18N6O2. The number of aryl methyl sites for hydroxylation is 2. The van der Waals surface area contributed by atoms with Gasteiger partial charge in [-0.05, 0) is 13.0 Å². The minimum absolute atomic E-state index is 0.0613. The monoisotopic (exact) mass is 326 g/mol. The maximum Gasteiger partial charge on any atom is 0.227 e. The molecule has 8 heteroatoms. The Morgan fingerprint density at radius 1 is 1.33 bits per heavy atom. The van der Waals surface area contributed by atoms with Crippen molar-refractivity contribution >= 4 is 5.91 Å². The van der Waals surface area contributed by atoms with Gasteiger partial charge < -0.3 is 9.84 Å². The van der Waals surface area contributed by atoms with Crippen LogP contribution in [0.5, 0.6) is 0 Å². The van der Waals surface area contributed by atoms with Crippen LogP contribution in [0.4, 0.5) is 0 Å². The van der Waals surface area contributed by atoms with Crippen LogP contribution in [0.1, 0.15) is 23.6 Å². The molecule has 1 amide bonds. The van der Waals surface area contributed by atoms with E-state index in [0.717, 1.165) is 16.8 Å². The number of rotatable bonds is 7. The van der Waals surface area contributed by atoms with Gasteiger partial charge in [-0.25, -0.2) is 0 Å². The highest BCUT2D eigenvalue weighted by Crippen LogP contribution is 2.17. The molecule has 3 rings (SSSR count). The summed E-state index contributed by atoms with van der Waals surface area (Å²) in [4.78, 5) is 16.2. The molecule has 3 aromatic rings. The zero-order chi connectivity index (χ0) is 16.8. The van der Waals surface area contributed by atoms with Crippen molar-refractivity contribution < 1.29 is 9.32 Å². The first-order valence-electron chi connectivity index (χ1n) is 7.71. The fourth-order valence-corrected chi connectivity index (χ4v) is 2.24. The molecular weight excluding hydrogens is 308 g/mol. The molecule has 0 aliphatic heterocycles. The normalized spacial score (nSPS) is 10.7. The number of carbonyl (C=O) groups excluding carboxylic acids is 1. The van der Waals surface area contributed by atoms with Crippen LogP contribution in [0.15, 0.2) is 35.0 Å². The number of nitrogens with one attached hydrogen (secondary N) is 2. The van der Waals surface area contributed by atoms with Crippen molar-refractivity contribution in [2.45, 2.75) is 26.2 Å². The molecule has 0 spiro atoms. The van der Waals surface area contributed by atoms with Crippen LogP contribution in [0.2, 0.25) is 0 Å². The van der Waals surface area contributed by atoms with Crippen molar-refractivity contribution in [3.63, 3.8) is 0 Å². The van der Waals surface area contributed by atoms with Gasteiger partial charge in [0.25, 0.3) is 0 Å². The maximum atomic E-state index is 11.8. The molecule has 24 heavy (non-hydrogen) atoms. The Balaban J connectivity index is 1.45. The van der Waals surface area contributed by atoms with E-state index in [1.54, 1.807) is 6.20 Å². The average Bonchev–Trinajstić information content (AvgIpc) is 3.25. The third-order valence-electron chi connectivity index (χ3n) is 3.48. The summed E-state index contributed by atoms with van der Waals surface area (Å²) in [5.74, 6) is 0.937. The Morgan fingerprint density at radius 2 is 2.25 bits per heavy atom. The number of hydrogen-bond acceptors (Lipinski definition) is 6. The molecule has 2 aromatic heterocycles. The van der Waals surface area contributed by atoms with Crippen LogP contribution in [0.3, 0.4) is 0 Å². The van der Waals surface area contributed by atoms with E-state index in [9.17, 15) is 4.79 Å². The number of nitrogens with zero attached hydrogens (tertiary/aromatic N) is 4. The molecule has 8 nitrogen and oxygen atoms in total. The van der Waals surface area contributed by atoms with Gasteiger partial charge in [-0.1, -0.05) is 28.9 Å². The van der Waals surface area contributed by atoms with Gasteiger partial charge in [0, 0.05) is 31.4 Å². The van der Waals surface area contributed by atoms with E-state index in [1.165, 1.54) is 0 Å². The van der Waals surface area contributed by atoms with Crippen molar-refractivity contribution in [2.24, 2.45) is 0 Å². The Bertz CT molecular complexity index is 797. The van der Waals surface area contributed by atoms with Crippen LogP contribution in [0, 0.1) is 6.92 Å². The molecule has 0 bridgehead atoms. The predicted molar refractivity (Wildman–Crippen MR) is 85.9 cm³/mol. The van der Waals surface area contributed by atoms with Crippen molar-refractivity contribution in [2.75, 3.05) is 6.54 Å². The third-order valence-corrected chi connectivity index (χ3v) is 3.48. The summed E-state index contributed by atoms with van der Waals surface area (Å²) in [5.41, 5.74) is 2.85. The summed E-state index contributed by atoms with van der Waals surface area (Å²) in [6, 6.07) is 7.88. The molecule has 1 aromatic carbocycles. The zero-order valence-corrected chi connectivity index (χ0v) is 13.3. The molecule has 0 unspecified atom stereocenters. The smallest absolute Gasteiger partial charge is 0.227 e. The summed E-state index contributed by atoms with van der Waals surface area (Å²) in [5, 5.41) is 17.0. The molecule has 0 atom stereocenters. The molecule has 0 saturated heterocycles. The molecule has 0 saturated carbocycles. The Kier molecular flexibility index (Phi) is 4.95. The van der Waals surface area contributed by atoms with Gasteiger partial charge in [0.05, 0.1) is 11.9 Å². The largest absolute Gasteiger partial charge is 0.356 e. The topological polar surface area (TPSA) is 110 Å². The fourth-order valence-electron chi connectivity index (χ4n) is 2.24. The first kappa shape index (κ1) is 15.9. The summed E-state index contributed by atoms with van der Waals surface area (Å²) < 4.78 is 5.21. The lowest BCUT2D eigenvalue weighted by Gasteiger charge is -2.01. The molecule has 0 aliphatic rings. The molecule has 2 N–H and O–H groups in total. The summed E-state index contributed by atoms with van der Waals surface area (Å²) >= 11 is 0. The highest BCUT2D eigenvalue weighted by molar-refractivity contribution is 5.76. The minimum atomic E-state index is -0.0613. The van der Waals surface area contributed by atoms with Crippen LogP contribution >= 0.6 is 0 Å². The van der Waals surface area contributed by atoms with Crippen molar-refractivity contribution in [3.8, 4) is 11.4 Å². The first-order chi connectivity index (χ1) is 11.7. The van der Waals surface area contributed by atoms with E-state index in [4.69, 9.17) is 4.52 Å². The number of benzene rings is 1. The summed E-state index contributed by atoms with van der Waals surface area (Å²) in [6.45, 7) is 2.53. The van der Waals surface area contributed by atoms with Gasteiger partial charge >= 0.3 is 0 Å². The van der Waals surface area contributed by atoms with Gasteiger partial charge in [-0.3, -0.25) is 4.79 Å². The van der Waals surface area contributed by atoms with Crippen LogP contribution in [0.25, 0.3) is 11.4 Å². The molecule has 0 aliphatic carbocycles. The van der Waals surface area contributed by atoms with Gasteiger partial charge in [0.1, 0.15) is 0 Å². The standard InChI is InChI=1S/C16H18N6O2/c1-11-3-2-4-12(9-11)16-19-15(24-21-16)6-5-14(23)17-8-7-13-10-18-22-20-13/h2-4,9-10H,5-8H2,1H3,(H,17,23)(H,18,20,22). The van der Waals surface area contributed by atoms with Gasteiger partial charge in [0.2, 0.25) is 17.6 Å². The SMILES string of the molecule is Cc1cccc(-c2noc(CCC(=O)NCCc3cn[nH]n3)n2)c1. The predicted octanol–water partition coefficient (Wildman–Crippen LogP) is 1.45. The Morgan fingerprint density at radius 3 is 3.04 bits per heavy atom. The fraction of sp³-hybridized carbons (Fsp3) is 0.312. The molecule has 2 heterocycles.